The van der Waals surface area contributed by atoms with Crippen molar-refractivity contribution in [3.63, 3.8) is 0 Å². The molecule has 1 aromatic heterocycles. The van der Waals surface area contributed by atoms with Crippen LogP contribution in [0.2, 0.25) is 0 Å². The normalized spacial score (nSPS) is 11.4. The molecule has 0 aliphatic carbocycles. The van der Waals surface area contributed by atoms with Crippen LogP contribution in [0, 0.1) is 0 Å². The van der Waals surface area contributed by atoms with Crippen LogP contribution in [0.4, 0.5) is 24.8 Å². The second-order valence-corrected chi connectivity index (χ2v) is 5.46. The van der Waals surface area contributed by atoms with Gasteiger partial charge in [-0.2, -0.15) is 18.2 Å². The first-order valence-corrected chi connectivity index (χ1v) is 7.76. The SMILES string of the molecule is CCOc1nc(N(CC)c2ccc(Br)cc2)ncc1C(F)(F)F. The van der Waals surface area contributed by atoms with Gasteiger partial charge in [-0.05, 0) is 38.1 Å². The van der Waals surface area contributed by atoms with E-state index < -0.39 is 17.6 Å². The average Bonchev–Trinajstić information content (AvgIpc) is 2.49. The van der Waals surface area contributed by atoms with E-state index in [0.29, 0.717) is 6.54 Å². The molecule has 0 fully saturated rings. The Labute approximate surface area is 140 Å². The second kappa shape index (κ2) is 7.16. The van der Waals surface area contributed by atoms with Crippen LogP contribution in [-0.4, -0.2) is 23.1 Å². The molecule has 1 aromatic carbocycles. The van der Waals surface area contributed by atoms with Crippen LogP contribution in [0.25, 0.3) is 0 Å². The van der Waals surface area contributed by atoms with Crippen molar-refractivity contribution in [1.29, 1.82) is 0 Å². The molecule has 0 atom stereocenters. The minimum Gasteiger partial charge on any atom is -0.477 e. The zero-order valence-corrected chi connectivity index (χ0v) is 14.1. The summed E-state index contributed by atoms with van der Waals surface area (Å²) in [6, 6.07) is 7.33. The first-order valence-electron chi connectivity index (χ1n) is 6.97. The molecule has 0 radical (unpaired) electrons. The van der Waals surface area contributed by atoms with E-state index in [1.165, 1.54) is 0 Å². The predicted molar refractivity (Wildman–Crippen MR) is 85.0 cm³/mol. The van der Waals surface area contributed by atoms with Gasteiger partial charge in [0.05, 0.1) is 6.61 Å². The summed E-state index contributed by atoms with van der Waals surface area (Å²) in [4.78, 5) is 9.52. The highest BCUT2D eigenvalue weighted by Gasteiger charge is 2.36. The Kier molecular flexibility index (Phi) is 5.46. The predicted octanol–water partition coefficient (Wildman–Crippen LogP) is 4.81. The number of ether oxygens (including phenoxy) is 1. The highest BCUT2D eigenvalue weighted by molar-refractivity contribution is 9.10. The van der Waals surface area contributed by atoms with Crippen LogP contribution in [0.5, 0.6) is 5.88 Å². The van der Waals surface area contributed by atoms with Gasteiger partial charge in [-0.25, -0.2) is 4.98 Å². The molecule has 0 aliphatic rings. The fourth-order valence-corrected chi connectivity index (χ4v) is 2.25. The van der Waals surface area contributed by atoms with Crippen molar-refractivity contribution in [2.45, 2.75) is 20.0 Å². The lowest BCUT2D eigenvalue weighted by molar-refractivity contribution is -0.139. The minimum absolute atomic E-state index is 0.0872. The lowest BCUT2D eigenvalue weighted by Gasteiger charge is -2.22. The maximum Gasteiger partial charge on any atom is 0.423 e. The summed E-state index contributed by atoms with van der Waals surface area (Å²) in [5.74, 6) is -0.299. The van der Waals surface area contributed by atoms with Gasteiger partial charge in [0.15, 0.2) is 0 Å². The van der Waals surface area contributed by atoms with Crippen molar-refractivity contribution < 1.29 is 17.9 Å². The van der Waals surface area contributed by atoms with Crippen molar-refractivity contribution >= 4 is 27.6 Å². The largest absolute Gasteiger partial charge is 0.477 e. The van der Waals surface area contributed by atoms with Crippen LogP contribution >= 0.6 is 15.9 Å². The third kappa shape index (κ3) is 4.13. The van der Waals surface area contributed by atoms with Gasteiger partial charge in [0.25, 0.3) is 0 Å². The Morgan fingerprint density at radius 2 is 1.83 bits per heavy atom. The molecule has 4 nitrogen and oxygen atoms in total. The number of nitrogens with zero attached hydrogens (tertiary/aromatic N) is 3. The maximum absolute atomic E-state index is 13.0. The monoisotopic (exact) mass is 389 g/mol. The zero-order chi connectivity index (χ0) is 17.0. The third-order valence-corrected chi connectivity index (χ3v) is 3.55. The zero-order valence-electron chi connectivity index (χ0n) is 12.6. The fraction of sp³-hybridized carbons (Fsp3) is 0.333. The van der Waals surface area contributed by atoms with Crippen LogP contribution in [0.3, 0.4) is 0 Å². The van der Waals surface area contributed by atoms with E-state index in [0.717, 1.165) is 16.4 Å². The number of anilines is 2. The number of benzene rings is 1. The Morgan fingerprint density at radius 1 is 1.17 bits per heavy atom. The van der Waals surface area contributed by atoms with Crippen LogP contribution in [0.1, 0.15) is 19.4 Å². The molecule has 0 spiro atoms. The van der Waals surface area contributed by atoms with Gasteiger partial charge in [-0.3, -0.25) is 0 Å². The molecule has 124 valence electrons. The fourth-order valence-electron chi connectivity index (χ4n) is 1.99. The van der Waals surface area contributed by atoms with Gasteiger partial charge in [-0.15, -0.1) is 0 Å². The summed E-state index contributed by atoms with van der Waals surface area (Å²) in [7, 11) is 0. The van der Waals surface area contributed by atoms with Crippen LogP contribution < -0.4 is 9.64 Å². The second-order valence-electron chi connectivity index (χ2n) is 4.54. The Balaban J connectivity index is 2.45. The standard InChI is InChI=1S/C15H15BrF3N3O/c1-3-22(11-7-5-10(16)6-8-11)14-20-9-12(15(17,18)19)13(21-14)23-4-2/h5-9H,3-4H2,1-2H3. The molecule has 0 saturated heterocycles. The molecule has 2 rings (SSSR count). The maximum atomic E-state index is 13.0. The molecular weight excluding hydrogens is 375 g/mol. The first kappa shape index (κ1) is 17.5. The number of halogens is 4. The Hall–Kier alpha value is -1.83. The highest BCUT2D eigenvalue weighted by Crippen LogP contribution is 2.36. The summed E-state index contributed by atoms with van der Waals surface area (Å²) >= 11 is 3.34. The lowest BCUT2D eigenvalue weighted by atomic mass is 10.3. The van der Waals surface area contributed by atoms with Crippen molar-refractivity contribution in [3.05, 3.63) is 40.5 Å². The lowest BCUT2D eigenvalue weighted by Crippen LogP contribution is -2.20. The molecule has 1 heterocycles. The summed E-state index contributed by atoms with van der Waals surface area (Å²) in [6.45, 7) is 4.06. The molecule has 0 N–H and O–H groups in total. The van der Waals surface area contributed by atoms with E-state index in [1.54, 1.807) is 11.8 Å². The van der Waals surface area contributed by atoms with Gasteiger partial charge >= 0.3 is 6.18 Å². The molecule has 0 bridgehead atoms. The molecule has 0 amide bonds. The van der Waals surface area contributed by atoms with Crippen LogP contribution in [-0.2, 0) is 6.18 Å². The molecule has 0 saturated carbocycles. The van der Waals surface area contributed by atoms with E-state index >= 15 is 0 Å². The van der Waals surface area contributed by atoms with Crippen molar-refractivity contribution in [1.82, 2.24) is 9.97 Å². The quantitative estimate of drug-likeness (QED) is 0.734. The number of alkyl halides is 3. The van der Waals surface area contributed by atoms with Crippen molar-refractivity contribution in [2.75, 3.05) is 18.1 Å². The summed E-state index contributed by atoms with van der Waals surface area (Å²) in [6.07, 6.45) is -3.80. The van der Waals surface area contributed by atoms with E-state index in [4.69, 9.17) is 4.74 Å². The third-order valence-electron chi connectivity index (χ3n) is 3.02. The summed E-state index contributed by atoms with van der Waals surface area (Å²) in [5.41, 5.74) is -0.201. The number of aromatic nitrogens is 2. The molecular formula is C15H15BrF3N3O. The van der Waals surface area contributed by atoms with Crippen molar-refractivity contribution in [3.8, 4) is 5.88 Å². The van der Waals surface area contributed by atoms with E-state index in [-0.39, 0.29) is 12.6 Å². The van der Waals surface area contributed by atoms with Gasteiger partial charge in [0.1, 0.15) is 5.56 Å². The first-order chi connectivity index (χ1) is 10.9. The van der Waals surface area contributed by atoms with Gasteiger partial charge < -0.3 is 9.64 Å². The van der Waals surface area contributed by atoms with Gasteiger partial charge in [0, 0.05) is 22.9 Å². The molecule has 0 unspecified atom stereocenters. The molecule has 0 aliphatic heterocycles. The van der Waals surface area contributed by atoms with E-state index in [2.05, 4.69) is 25.9 Å². The average molecular weight is 390 g/mol. The Morgan fingerprint density at radius 3 is 2.35 bits per heavy atom. The van der Waals surface area contributed by atoms with Crippen molar-refractivity contribution in [2.24, 2.45) is 0 Å². The van der Waals surface area contributed by atoms with Crippen LogP contribution in [0.15, 0.2) is 34.9 Å². The topological polar surface area (TPSA) is 38.2 Å². The molecule has 23 heavy (non-hydrogen) atoms. The Bertz CT molecular complexity index is 662. The minimum atomic E-state index is -4.56. The summed E-state index contributed by atoms with van der Waals surface area (Å²) in [5, 5.41) is 0. The van der Waals surface area contributed by atoms with E-state index in [1.807, 2.05) is 31.2 Å². The molecule has 8 heteroatoms. The van der Waals surface area contributed by atoms with Gasteiger partial charge in [0.2, 0.25) is 11.8 Å². The van der Waals surface area contributed by atoms with Gasteiger partial charge in [-0.1, -0.05) is 15.9 Å². The number of hydrogen-bond donors (Lipinski definition) is 0. The number of hydrogen-bond acceptors (Lipinski definition) is 4. The smallest absolute Gasteiger partial charge is 0.423 e. The highest BCUT2D eigenvalue weighted by atomic mass is 79.9. The molecule has 2 aromatic rings. The number of rotatable bonds is 5. The van der Waals surface area contributed by atoms with E-state index in [9.17, 15) is 13.2 Å². The summed E-state index contributed by atoms with van der Waals surface area (Å²) < 4.78 is 44.9.